The summed E-state index contributed by atoms with van der Waals surface area (Å²) in [6, 6.07) is 0.764. The maximum absolute atomic E-state index is 3.79. The van der Waals surface area contributed by atoms with Crippen LogP contribution in [-0.2, 0) is 0 Å². The molecular formula is C13H25NS. The Kier molecular flexibility index (Phi) is 7.20. The van der Waals surface area contributed by atoms with Crippen molar-refractivity contribution in [1.82, 2.24) is 5.32 Å². The Morgan fingerprint density at radius 1 is 1.60 bits per heavy atom. The molecular weight excluding hydrogens is 202 g/mol. The maximum atomic E-state index is 3.79. The predicted molar refractivity (Wildman–Crippen MR) is 71.6 cm³/mol. The molecule has 1 aliphatic heterocycles. The Labute approximate surface area is 99.1 Å². The monoisotopic (exact) mass is 227 g/mol. The Balaban J connectivity index is 2.26. The van der Waals surface area contributed by atoms with E-state index in [4.69, 9.17) is 0 Å². The summed E-state index contributed by atoms with van der Waals surface area (Å²) in [5.41, 5.74) is 0. The lowest BCUT2D eigenvalue weighted by Crippen LogP contribution is -2.36. The molecule has 1 N–H and O–H groups in total. The fourth-order valence-corrected chi connectivity index (χ4v) is 3.52. The van der Waals surface area contributed by atoms with E-state index in [1.165, 1.54) is 50.2 Å². The molecule has 2 unspecified atom stereocenters. The highest BCUT2D eigenvalue weighted by molar-refractivity contribution is 7.99. The number of rotatable bonds is 8. The van der Waals surface area contributed by atoms with Gasteiger partial charge in [0.05, 0.1) is 0 Å². The molecule has 0 aromatic rings. The van der Waals surface area contributed by atoms with Gasteiger partial charge in [-0.3, -0.25) is 0 Å². The standard InChI is InChI=1S/C13H25NS/c1-3-5-6-7-13(14-9-4-2)12-8-10-15-11-12/h3,12-14H,1,4-11H2,2H3. The molecule has 1 aliphatic rings. The van der Waals surface area contributed by atoms with E-state index in [0.29, 0.717) is 0 Å². The molecule has 1 nitrogen and oxygen atoms in total. The summed E-state index contributed by atoms with van der Waals surface area (Å²) >= 11 is 2.12. The largest absolute Gasteiger partial charge is 0.314 e. The van der Waals surface area contributed by atoms with Crippen molar-refractivity contribution >= 4 is 11.8 Å². The molecule has 0 saturated carbocycles. The van der Waals surface area contributed by atoms with Crippen LogP contribution in [0.25, 0.3) is 0 Å². The fourth-order valence-electron chi connectivity index (χ4n) is 2.19. The van der Waals surface area contributed by atoms with Crippen molar-refractivity contribution in [2.75, 3.05) is 18.1 Å². The van der Waals surface area contributed by atoms with Crippen molar-refractivity contribution in [3.63, 3.8) is 0 Å². The molecule has 0 aromatic heterocycles. The van der Waals surface area contributed by atoms with Crippen molar-refractivity contribution in [3.8, 4) is 0 Å². The molecule has 0 bridgehead atoms. The van der Waals surface area contributed by atoms with E-state index < -0.39 is 0 Å². The van der Waals surface area contributed by atoms with Gasteiger partial charge in [0.15, 0.2) is 0 Å². The Morgan fingerprint density at radius 2 is 2.47 bits per heavy atom. The minimum atomic E-state index is 0.764. The van der Waals surface area contributed by atoms with Crippen LogP contribution < -0.4 is 5.32 Å². The van der Waals surface area contributed by atoms with Crippen LogP contribution >= 0.6 is 11.8 Å². The van der Waals surface area contributed by atoms with Crippen LogP contribution in [0.15, 0.2) is 12.7 Å². The second kappa shape index (κ2) is 8.23. The average molecular weight is 227 g/mol. The van der Waals surface area contributed by atoms with E-state index in [0.717, 1.165) is 12.0 Å². The lowest BCUT2D eigenvalue weighted by atomic mass is 9.94. The van der Waals surface area contributed by atoms with Gasteiger partial charge in [0.2, 0.25) is 0 Å². The number of nitrogens with one attached hydrogen (secondary N) is 1. The van der Waals surface area contributed by atoms with Crippen LogP contribution in [0, 0.1) is 5.92 Å². The normalized spacial score (nSPS) is 22.9. The van der Waals surface area contributed by atoms with Gasteiger partial charge in [0.1, 0.15) is 0 Å². The number of unbranched alkanes of at least 4 members (excludes halogenated alkanes) is 1. The molecule has 1 fully saturated rings. The lowest BCUT2D eigenvalue weighted by Gasteiger charge is -2.24. The van der Waals surface area contributed by atoms with Crippen molar-refractivity contribution in [1.29, 1.82) is 0 Å². The van der Waals surface area contributed by atoms with Crippen LogP contribution in [0.5, 0.6) is 0 Å². The van der Waals surface area contributed by atoms with Crippen molar-refractivity contribution in [2.24, 2.45) is 5.92 Å². The number of hydrogen-bond donors (Lipinski definition) is 1. The highest BCUT2D eigenvalue weighted by atomic mass is 32.2. The second-order valence-corrected chi connectivity index (χ2v) is 5.55. The molecule has 0 aliphatic carbocycles. The Bertz CT molecular complexity index is 164. The molecule has 88 valence electrons. The van der Waals surface area contributed by atoms with E-state index in [2.05, 4.69) is 30.6 Å². The third-order valence-electron chi connectivity index (χ3n) is 3.11. The minimum Gasteiger partial charge on any atom is -0.314 e. The molecule has 2 atom stereocenters. The zero-order valence-electron chi connectivity index (χ0n) is 10.0. The van der Waals surface area contributed by atoms with Crippen LogP contribution in [0.2, 0.25) is 0 Å². The first-order valence-electron chi connectivity index (χ1n) is 6.30. The second-order valence-electron chi connectivity index (χ2n) is 4.40. The van der Waals surface area contributed by atoms with E-state index in [-0.39, 0.29) is 0 Å². The summed E-state index contributed by atoms with van der Waals surface area (Å²) in [6.07, 6.45) is 8.51. The number of thioether (sulfide) groups is 1. The van der Waals surface area contributed by atoms with Gasteiger partial charge in [-0.25, -0.2) is 0 Å². The molecule has 1 heterocycles. The molecule has 1 rings (SSSR count). The Morgan fingerprint density at radius 3 is 3.07 bits per heavy atom. The highest BCUT2D eigenvalue weighted by Crippen LogP contribution is 2.28. The summed E-state index contributed by atoms with van der Waals surface area (Å²) < 4.78 is 0. The molecule has 0 aromatic carbocycles. The average Bonchev–Trinajstić information content (AvgIpc) is 2.76. The van der Waals surface area contributed by atoms with Crippen molar-refractivity contribution in [2.45, 2.75) is 45.1 Å². The third kappa shape index (κ3) is 5.07. The number of allylic oxidation sites excluding steroid dienone is 1. The first-order valence-corrected chi connectivity index (χ1v) is 7.46. The number of hydrogen-bond acceptors (Lipinski definition) is 2. The van der Waals surface area contributed by atoms with E-state index in [9.17, 15) is 0 Å². The minimum absolute atomic E-state index is 0.764. The predicted octanol–water partition coefficient (Wildman–Crippen LogP) is 3.46. The van der Waals surface area contributed by atoms with Gasteiger partial charge >= 0.3 is 0 Å². The zero-order chi connectivity index (χ0) is 10.9. The SMILES string of the molecule is C=CCCCC(NCCC)C1CCSC1. The van der Waals surface area contributed by atoms with E-state index in [1.54, 1.807) is 0 Å². The van der Waals surface area contributed by atoms with Crippen LogP contribution in [-0.4, -0.2) is 24.1 Å². The topological polar surface area (TPSA) is 12.0 Å². The molecule has 2 heteroatoms. The smallest absolute Gasteiger partial charge is 0.0104 e. The van der Waals surface area contributed by atoms with Gasteiger partial charge in [-0.1, -0.05) is 13.0 Å². The zero-order valence-corrected chi connectivity index (χ0v) is 10.8. The first-order chi connectivity index (χ1) is 7.38. The summed E-state index contributed by atoms with van der Waals surface area (Å²) in [5, 5.41) is 3.72. The van der Waals surface area contributed by atoms with E-state index in [1.807, 2.05) is 6.08 Å². The highest BCUT2D eigenvalue weighted by Gasteiger charge is 2.24. The van der Waals surface area contributed by atoms with Gasteiger partial charge in [-0.05, 0) is 56.1 Å². The van der Waals surface area contributed by atoms with Gasteiger partial charge < -0.3 is 5.32 Å². The molecule has 0 amide bonds. The van der Waals surface area contributed by atoms with E-state index >= 15 is 0 Å². The van der Waals surface area contributed by atoms with Crippen molar-refractivity contribution in [3.05, 3.63) is 12.7 Å². The van der Waals surface area contributed by atoms with Crippen LogP contribution in [0.3, 0.4) is 0 Å². The fraction of sp³-hybridized carbons (Fsp3) is 0.846. The molecule has 1 saturated heterocycles. The summed E-state index contributed by atoms with van der Waals surface area (Å²) in [4.78, 5) is 0. The van der Waals surface area contributed by atoms with Gasteiger partial charge in [-0.15, -0.1) is 6.58 Å². The molecule has 0 spiro atoms. The Hall–Kier alpha value is 0.0500. The summed E-state index contributed by atoms with van der Waals surface area (Å²) in [6.45, 7) is 7.22. The summed E-state index contributed by atoms with van der Waals surface area (Å²) in [7, 11) is 0. The van der Waals surface area contributed by atoms with Crippen molar-refractivity contribution < 1.29 is 0 Å². The summed E-state index contributed by atoms with van der Waals surface area (Å²) in [5.74, 6) is 3.66. The lowest BCUT2D eigenvalue weighted by molar-refractivity contribution is 0.356. The first kappa shape index (κ1) is 13.1. The quantitative estimate of drug-likeness (QED) is 0.503. The maximum Gasteiger partial charge on any atom is 0.0104 e. The van der Waals surface area contributed by atoms with Crippen LogP contribution in [0.4, 0.5) is 0 Å². The molecule has 0 radical (unpaired) electrons. The van der Waals surface area contributed by atoms with Crippen LogP contribution in [0.1, 0.15) is 39.0 Å². The third-order valence-corrected chi connectivity index (χ3v) is 4.30. The van der Waals surface area contributed by atoms with Gasteiger partial charge in [0.25, 0.3) is 0 Å². The van der Waals surface area contributed by atoms with Gasteiger partial charge in [0, 0.05) is 6.04 Å². The molecule has 15 heavy (non-hydrogen) atoms. The van der Waals surface area contributed by atoms with Gasteiger partial charge in [-0.2, -0.15) is 11.8 Å².